The van der Waals surface area contributed by atoms with Crippen molar-refractivity contribution in [2.45, 2.75) is 26.0 Å². The van der Waals surface area contributed by atoms with Crippen LogP contribution in [0, 0.1) is 0 Å². The molecular formula is C17H17NO3. The van der Waals surface area contributed by atoms with Gasteiger partial charge >= 0.3 is 6.09 Å². The lowest BCUT2D eigenvalue weighted by Gasteiger charge is -2.33. The smallest absolute Gasteiger partial charge is 0.413 e. The Kier molecular flexibility index (Phi) is 3.29. The van der Waals surface area contributed by atoms with Crippen molar-refractivity contribution in [1.82, 2.24) is 5.32 Å². The molecule has 1 aliphatic heterocycles. The summed E-state index contributed by atoms with van der Waals surface area (Å²) in [6.45, 7) is 4.34. The monoisotopic (exact) mass is 283 g/mol. The molecule has 0 radical (unpaired) electrons. The molecular weight excluding hydrogens is 266 g/mol. The standard InChI is InChI=1S/C17H17NO3/c1-17(2)15-13(20-11-12-7-4-3-5-8-12)9-6-10-14(15)21-16(19)18-17/h3-10H,11H2,1-2H3,(H,18,19). The zero-order chi connectivity index (χ0) is 14.9. The molecule has 1 N–H and O–H groups in total. The Morgan fingerprint density at radius 3 is 2.62 bits per heavy atom. The lowest BCUT2D eigenvalue weighted by atomic mass is 9.91. The largest absolute Gasteiger partial charge is 0.488 e. The van der Waals surface area contributed by atoms with Gasteiger partial charge in [0.25, 0.3) is 0 Å². The topological polar surface area (TPSA) is 47.6 Å². The number of ether oxygens (including phenoxy) is 2. The highest BCUT2D eigenvalue weighted by Gasteiger charge is 2.35. The number of benzene rings is 2. The van der Waals surface area contributed by atoms with Gasteiger partial charge in [0.1, 0.15) is 18.1 Å². The first-order valence-electron chi connectivity index (χ1n) is 6.86. The van der Waals surface area contributed by atoms with Gasteiger partial charge in [-0.3, -0.25) is 0 Å². The molecule has 21 heavy (non-hydrogen) atoms. The third-order valence-electron chi connectivity index (χ3n) is 3.47. The van der Waals surface area contributed by atoms with E-state index < -0.39 is 11.6 Å². The minimum atomic E-state index is -0.530. The van der Waals surface area contributed by atoms with E-state index in [9.17, 15) is 4.79 Å². The first-order chi connectivity index (χ1) is 10.1. The van der Waals surface area contributed by atoms with E-state index in [0.29, 0.717) is 12.4 Å². The number of fused-ring (bicyclic) bond motifs is 1. The molecule has 0 aromatic heterocycles. The lowest BCUT2D eigenvalue weighted by Crippen LogP contribution is -2.46. The summed E-state index contributed by atoms with van der Waals surface area (Å²) in [5, 5.41) is 2.81. The second-order valence-electron chi connectivity index (χ2n) is 5.54. The van der Waals surface area contributed by atoms with Crippen LogP contribution in [-0.2, 0) is 12.1 Å². The summed E-state index contributed by atoms with van der Waals surface area (Å²) in [6.07, 6.45) is -0.437. The summed E-state index contributed by atoms with van der Waals surface area (Å²) in [6, 6.07) is 15.5. The predicted molar refractivity (Wildman–Crippen MR) is 79.4 cm³/mol. The summed E-state index contributed by atoms with van der Waals surface area (Å²) in [4.78, 5) is 11.6. The van der Waals surface area contributed by atoms with Crippen LogP contribution in [0.3, 0.4) is 0 Å². The summed E-state index contributed by atoms with van der Waals surface area (Å²) in [5.74, 6) is 1.27. The zero-order valence-electron chi connectivity index (χ0n) is 12.1. The van der Waals surface area contributed by atoms with Crippen LogP contribution in [0.5, 0.6) is 11.5 Å². The van der Waals surface area contributed by atoms with E-state index in [-0.39, 0.29) is 0 Å². The van der Waals surface area contributed by atoms with E-state index in [1.165, 1.54) is 0 Å². The molecule has 0 atom stereocenters. The number of rotatable bonds is 3. The molecule has 4 heteroatoms. The number of amides is 1. The van der Waals surface area contributed by atoms with Crippen LogP contribution in [0.2, 0.25) is 0 Å². The molecule has 4 nitrogen and oxygen atoms in total. The highest BCUT2D eigenvalue weighted by atomic mass is 16.6. The van der Waals surface area contributed by atoms with Crippen molar-refractivity contribution >= 4 is 6.09 Å². The van der Waals surface area contributed by atoms with Crippen LogP contribution < -0.4 is 14.8 Å². The maximum Gasteiger partial charge on any atom is 0.413 e. The Labute approximate surface area is 123 Å². The first-order valence-corrected chi connectivity index (χ1v) is 6.86. The fourth-order valence-corrected chi connectivity index (χ4v) is 2.51. The average molecular weight is 283 g/mol. The third-order valence-corrected chi connectivity index (χ3v) is 3.47. The van der Waals surface area contributed by atoms with Crippen molar-refractivity contribution in [3.8, 4) is 11.5 Å². The Hall–Kier alpha value is -2.49. The first kappa shape index (κ1) is 13.5. The molecule has 0 saturated carbocycles. The summed E-state index contributed by atoms with van der Waals surface area (Å²) in [5.41, 5.74) is 1.42. The quantitative estimate of drug-likeness (QED) is 0.936. The molecule has 2 aromatic rings. The Morgan fingerprint density at radius 2 is 1.86 bits per heavy atom. The molecule has 1 heterocycles. The van der Waals surface area contributed by atoms with E-state index in [1.54, 1.807) is 6.07 Å². The second-order valence-corrected chi connectivity index (χ2v) is 5.54. The van der Waals surface area contributed by atoms with Gasteiger partial charge in [-0.2, -0.15) is 0 Å². The molecule has 108 valence electrons. The van der Waals surface area contributed by atoms with E-state index in [0.717, 1.165) is 16.9 Å². The van der Waals surface area contributed by atoms with Crippen LogP contribution in [0.25, 0.3) is 0 Å². The van der Waals surface area contributed by atoms with Crippen molar-refractivity contribution < 1.29 is 14.3 Å². The van der Waals surface area contributed by atoms with Gasteiger partial charge in [-0.1, -0.05) is 36.4 Å². The van der Waals surface area contributed by atoms with Crippen LogP contribution in [0.1, 0.15) is 25.0 Å². The average Bonchev–Trinajstić information content (AvgIpc) is 2.44. The molecule has 0 unspecified atom stereocenters. The van der Waals surface area contributed by atoms with Crippen LogP contribution >= 0.6 is 0 Å². The lowest BCUT2D eigenvalue weighted by molar-refractivity contribution is 0.174. The highest BCUT2D eigenvalue weighted by molar-refractivity contribution is 5.76. The summed E-state index contributed by atoms with van der Waals surface area (Å²) in [7, 11) is 0. The van der Waals surface area contributed by atoms with Gasteiger partial charge in [-0.05, 0) is 31.5 Å². The molecule has 0 bridgehead atoms. The maximum absolute atomic E-state index is 11.6. The van der Waals surface area contributed by atoms with E-state index in [4.69, 9.17) is 9.47 Å². The number of hydrogen-bond acceptors (Lipinski definition) is 3. The van der Waals surface area contributed by atoms with Crippen molar-refractivity contribution in [2.24, 2.45) is 0 Å². The summed E-state index contributed by atoms with van der Waals surface area (Å²) >= 11 is 0. The van der Waals surface area contributed by atoms with Gasteiger partial charge < -0.3 is 14.8 Å². The van der Waals surface area contributed by atoms with Crippen LogP contribution in [-0.4, -0.2) is 6.09 Å². The fourth-order valence-electron chi connectivity index (χ4n) is 2.51. The normalized spacial score (nSPS) is 15.6. The second kappa shape index (κ2) is 5.13. The van der Waals surface area contributed by atoms with Gasteiger partial charge in [0.2, 0.25) is 0 Å². The summed E-state index contributed by atoms with van der Waals surface area (Å²) < 4.78 is 11.2. The number of carbonyl (C=O) groups excluding carboxylic acids is 1. The van der Waals surface area contributed by atoms with Gasteiger partial charge in [-0.25, -0.2) is 4.79 Å². The van der Waals surface area contributed by atoms with E-state index in [2.05, 4.69) is 5.32 Å². The molecule has 0 fully saturated rings. The molecule has 2 aromatic carbocycles. The van der Waals surface area contributed by atoms with Crippen molar-refractivity contribution in [3.63, 3.8) is 0 Å². The SMILES string of the molecule is CC1(C)NC(=O)Oc2cccc(OCc3ccccc3)c21. The fraction of sp³-hybridized carbons (Fsp3) is 0.235. The van der Waals surface area contributed by atoms with Crippen molar-refractivity contribution in [3.05, 3.63) is 59.7 Å². The van der Waals surface area contributed by atoms with Crippen LogP contribution in [0.15, 0.2) is 48.5 Å². The minimum absolute atomic E-state index is 0.437. The Bertz CT molecular complexity index is 665. The Morgan fingerprint density at radius 1 is 1.10 bits per heavy atom. The van der Waals surface area contributed by atoms with E-state index in [1.807, 2.05) is 56.3 Å². The molecule has 1 amide bonds. The van der Waals surface area contributed by atoms with Crippen LogP contribution in [0.4, 0.5) is 4.79 Å². The number of hydrogen-bond donors (Lipinski definition) is 1. The third kappa shape index (κ3) is 2.70. The predicted octanol–water partition coefficient (Wildman–Crippen LogP) is 3.60. The van der Waals surface area contributed by atoms with Gasteiger partial charge in [0, 0.05) is 0 Å². The number of carbonyl (C=O) groups is 1. The molecule has 0 aliphatic carbocycles. The minimum Gasteiger partial charge on any atom is -0.488 e. The Balaban J connectivity index is 1.90. The zero-order valence-corrected chi connectivity index (χ0v) is 12.1. The van der Waals surface area contributed by atoms with Gasteiger partial charge in [0.15, 0.2) is 0 Å². The maximum atomic E-state index is 11.6. The molecule has 0 saturated heterocycles. The molecule has 0 spiro atoms. The van der Waals surface area contributed by atoms with Crippen molar-refractivity contribution in [2.75, 3.05) is 0 Å². The van der Waals surface area contributed by atoms with Crippen molar-refractivity contribution in [1.29, 1.82) is 0 Å². The highest BCUT2D eigenvalue weighted by Crippen LogP contribution is 2.40. The number of nitrogens with one attached hydrogen (secondary N) is 1. The van der Waals surface area contributed by atoms with E-state index >= 15 is 0 Å². The molecule has 3 rings (SSSR count). The van der Waals surface area contributed by atoms with Gasteiger partial charge in [0.05, 0.1) is 11.1 Å². The molecule has 1 aliphatic rings. The van der Waals surface area contributed by atoms with Gasteiger partial charge in [-0.15, -0.1) is 0 Å².